The first-order valence-electron chi connectivity index (χ1n) is 8.62. The third kappa shape index (κ3) is 4.67. The number of amides is 1. The van der Waals surface area contributed by atoms with E-state index in [1.165, 1.54) is 7.11 Å². The molecule has 2 aromatic carbocycles. The average Bonchev–Trinajstić information content (AvgIpc) is 3.11. The van der Waals surface area contributed by atoms with Crippen molar-refractivity contribution in [3.8, 4) is 5.75 Å². The second-order valence-electron chi connectivity index (χ2n) is 6.13. The van der Waals surface area contributed by atoms with Crippen LogP contribution in [0, 0.1) is 0 Å². The van der Waals surface area contributed by atoms with Gasteiger partial charge in [-0.05, 0) is 25.1 Å². The zero-order chi connectivity index (χ0) is 19.2. The molecule has 1 heterocycles. The van der Waals surface area contributed by atoms with Crippen molar-refractivity contribution in [3.63, 3.8) is 0 Å². The Bertz CT molecular complexity index is 913. The van der Waals surface area contributed by atoms with Crippen LogP contribution in [-0.4, -0.2) is 25.6 Å². The normalized spacial score (nSPS) is 11.8. The quantitative estimate of drug-likeness (QED) is 0.648. The van der Waals surface area contributed by atoms with Gasteiger partial charge in [-0.1, -0.05) is 36.4 Å². The van der Waals surface area contributed by atoms with Gasteiger partial charge in [0.2, 0.25) is 0 Å². The molecule has 1 atom stereocenters. The summed E-state index contributed by atoms with van der Waals surface area (Å²) in [4.78, 5) is 24.0. The molecule has 6 heteroatoms. The van der Waals surface area contributed by atoms with Crippen LogP contribution in [0.15, 0.2) is 59.0 Å². The Balaban J connectivity index is 1.50. The number of benzene rings is 2. The number of para-hydroxylation sites is 2. The molecule has 1 aromatic heterocycles. The summed E-state index contributed by atoms with van der Waals surface area (Å²) in [5.74, 6) is 0.365. The molecule has 0 saturated carbocycles. The number of carbonyl (C=O) groups is 2. The minimum atomic E-state index is -0.494. The molecule has 0 aliphatic heterocycles. The molecule has 140 valence electrons. The standard InChI is InChI=1S/C21H21NO5/c1-14(19-11-15-7-4-6-10-18(15)27-19)22-20(23)13-26-21(24)12-16-8-3-5-9-17(16)25-2/h3-11,14H,12-13H2,1-2H3,(H,22,23)/t14-/m0/s1. The molecule has 27 heavy (non-hydrogen) atoms. The Morgan fingerprint density at radius 2 is 1.85 bits per heavy atom. The molecular weight excluding hydrogens is 346 g/mol. The second kappa shape index (κ2) is 8.40. The number of hydrogen-bond donors (Lipinski definition) is 1. The molecule has 0 aliphatic carbocycles. The molecule has 3 rings (SSSR count). The van der Waals surface area contributed by atoms with E-state index >= 15 is 0 Å². The molecule has 1 N–H and O–H groups in total. The molecule has 6 nitrogen and oxygen atoms in total. The van der Waals surface area contributed by atoms with E-state index in [2.05, 4.69) is 5.32 Å². The van der Waals surface area contributed by atoms with E-state index < -0.39 is 11.9 Å². The van der Waals surface area contributed by atoms with E-state index in [9.17, 15) is 9.59 Å². The van der Waals surface area contributed by atoms with Crippen LogP contribution in [0.4, 0.5) is 0 Å². The fourth-order valence-corrected chi connectivity index (χ4v) is 2.77. The number of methoxy groups -OCH3 is 1. The average molecular weight is 367 g/mol. The van der Waals surface area contributed by atoms with Gasteiger partial charge >= 0.3 is 5.97 Å². The Morgan fingerprint density at radius 1 is 1.11 bits per heavy atom. The molecule has 0 unspecified atom stereocenters. The number of esters is 1. The van der Waals surface area contributed by atoms with Crippen LogP contribution < -0.4 is 10.1 Å². The lowest BCUT2D eigenvalue weighted by molar-refractivity contribution is -0.148. The van der Waals surface area contributed by atoms with E-state index in [4.69, 9.17) is 13.9 Å². The van der Waals surface area contributed by atoms with Gasteiger partial charge in [-0.2, -0.15) is 0 Å². The summed E-state index contributed by atoms with van der Waals surface area (Å²) in [7, 11) is 1.54. The first-order valence-corrected chi connectivity index (χ1v) is 8.62. The molecule has 3 aromatic rings. The maximum atomic E-state index is 12.1. The number of nitrogens with one attached hydrogen (secondary N) is 1. The topological polar surface area (TPSA) is 77.8 Å². The predicted molar refractivity (Wildman–Crippen MR) is 100 cm³/mol. The molecule has 0 bridgehead atoms. The van der Waals surface area contributed by atoms with Gasteiger partial charge in [0, 0.05) is 10.9 Å². The van der Waals surface area contributed by atoms with Gasteiger partial charge < -0.3 is 19.2 Å². The summed E-state index contributed by atoms with van der Waals surface area (Å²) < 4.78 is 16.0. The summed E-state index contributed by atoms with van der Waals surface area (Å²) >= 11 is 0. The van der Waals surface area contributed by atoms with Crippen molar-refractivity contribution in [2.75, 3.05) is 13.7 Å². The van der Waals surface area contributed by atoms with Gasteiger partial charge in [-0.15, -0.1) is 0 Å². The fourth-order valence-electron chi connectivity index (χ4n) is 2.77. The van der Waals surface area contributed by atoms with E-state index in [-0.39, 0.29) is 19.1 Å². The first kappa shape index (κ1) is 18.5. The van der Waals surface area contributed by atoms with Crippen LogP contribution in [-0.2, 0) is 20.7 Å². The van der Waals surface area contributed by atoms with Crippen LogP contribution >= 0.6 is 0 Å². The third-order valence-electron chi connectivity index (χ3n) is 4.14. The maximum absolute atomic E-state index is 12.1. The van der Waals surface area contributed by atoms with Crippen molar-refractivity contribution in [3.05, 3.63) is 65.9 Å². The molecule has 0 saturated heterocycles. The summed E-state index contributed by atoms with van der Waals surface area (Å²) in [5.41, 5.74) is 1.47. The SMILES string of the molecule is COc1ccccc1CC(=O)OCC(=O)N[C@@H](C)c1cc2ccccc2o1. The number of ether oxygens (including phenoxy) is 2. The van der Waals surface area contributed by atoms with Crippen LogP contribution in [0.2, 0.25) is 0 Å². The summed E-state index contributed by atoms with van der Waals surface area (Å²) in [6.45, 7) is 1.46. The fraction of sp³-hybridized carbons (Fsp3) is 0.238. The molecule has 0 aliphatic rings. The van der Waals surface area contributed by atoms with Crippen molar-refractivity contribution in [1.29, 1.82) is 0 Å². The minimum Gasteiger partial charge on any atom is -0.496 e. The molecule has 1 amide bonds. The third-order valence-corrected chi connectivity index (χ3v) is 4.14. The number of fused-ring (bicyclic) bond motifs is 1. The molecular formula is C21H21NO5. The van der Waals surface area contributed by atoms with Crippen molar-refractivity contribution >= 4 is 22.8 Å². The second-order valence-corrected chi connectivity index (χ2v) is 6.13. The van der Waals surface area contributed by atoms with Crippen molar-refractivity contribution in [1.82, 2.24) is 5.32 Å². The highest BCUT2D eigenvalue weighted by Crippen LogP contribution is 2.23. The van der Waals surface area contributed by atoms with E-state index in [1.807, 2.05) is 49.4 Å². The molecule has 0 radical (unpaired) electrons. The van der Waals surface area contributed by atoms with Crippen molar-refractivity contribution in [2.45, 2.75) is 19.4 Å². The number of carbonyl (C=O) groups excluding carboxylic acids is 2. The lowest BCUT2D eigenvalue weighted by Gasteiger charge is -2.12. The van der Waals surface area contributed by atoms with Crippen LogP contribution in [0.5, 0.6) is 5.75 Å². The van der Waals surface area contributed by atoms with Gasteiger partial charge in [-0.25, -0.2) is 0 Å². The first-order chi connectivity index (χ1) is 13.1. The summed E-state index contributed by atoms with van der Waals surface area (Å²) in [5, 5.41) is 3.73. The predicted octanol–water partition coefficient (Wildman–Crippen LogP) is 3.40. The van der Waals surface area contributed by atoms with E-state index in [0.29, 0.717) is 17.1 Å². The van der Waals surface area contributed by atoms with Crippen LogP contribution in [0.1, 0.15) is 24.3 Å². The number of furan rings is 1. The van der Waals surface area contributed by atoms with E-state index in [0.717, 1.165) is 11.0 Å². The van der Waals surface area contributed by atoms with Crippen LogP contribution in [0.3, 0.4) is 0 Å². The Morgan fingerprint density at radius 3 is 2.63 bits per heavy atom. The molecule has 0 fully saturated rings. The highest BCUT2D eigenvalue weighted by atomic mass is 16.5. The highest BCUT2D eigenvalue weighted by Gasteiger charge is 2.16. The number of hydrogen-bond acceptors (Lipinski definition) is 5. The molecule has 0 spiro atoms. The minimum absolute atomic E-state index is 0.0381. The van der Waals surface area contributed by atoms with Crippen molar-refractivity contribution < 1.29 is 23.5 Å². The number of rotatable bonds is 7. The summed E-state index contributed by atoms with van der Waals surface area (Å²) in [6, 6.07) is 16.4. The van der Waals surface area contributed by atoms with Crippen LogP contribution in [0.25, 0.3) is 11.0 Å². The lowest BCUT2D eigenvalue weighted by Crippen LogP contribution is -2.31. The largest absolute Gasteiger partial charge is 0.496 e. The Labute approximate surface area is 157 Å². The zero-order valence-corrected chi connectivity index (χ0v) is 15.2. The summed E-state index contributed by atoms with van der Waals surface area (Å²) in [6.07, 6.45) is 0.0381. The zero-order valence-electron chi connectivity index (χ0n) is 15.2. The van der Waals surface area contributed by atoms with Gasteiger partial charge in [0.25, 0.3) is 5.91 Å². The van der Waals surface area contributed by atoms with E-state index in [1.54, 1.807) is 12.1 Å². The van der Waals surface area contributed by atoms with Gasteiger partial charge in [0.15, 0.2) is 6.61 Å². The van der Waals surface area contributed by atoms with Gasteiger partial charge in [0.1, 0.15) is 17.1 Å². The van der Waals surface area contributed by atoms with Gasteiger partial charge in [-0.3, -0.25) is 9.59 Å². The maximum Gasteiger partial charge on any atom is 0.310 e. The van der Waals surface area contributed by atoms with Crippen molar-refractivity contribution in [2.24, 2.45) is 0 Å². The lowest BCUT2D eigenvalue weighted by atomic mass is 10.1. The van der Waals surface area contributed by atoms with Gasteiger partial charge in [0.05, 0.1) is 19.6 Å². The Kier molecular flexibility index (Phi) is 5.76. The highest BCUT2D eigenvalue weighted by molar-refractivity contribution is 5.82. The smallest absolute Gasteiger partial charge is 0.310 e. The Hall–Kier alpha value is -3.28. The monoisotopic (exact) mass is 367 g/mol.